The molecule has 0 saturated carbocycles. The zero-order valence-corrected chi connectivity index (χ0v) is 15.7. The summed E-state index contributed by atoms with van der Waals surface area (Å²) in [6.45, 7) is 1.26. The van der Waals surface area contributed by atoms with Crippen molar-refractivity contribution >= 4 is 23.3 Å². The highest BCUT2D eigenvalue weighted by molar-refractivity contribution is 6.30. The minimum Gasteiger partial charge on any atom is -0.497 e. The standard InChI is InChI=1S/C20H24ClN3O2/c1-26-17-9-6-15(7-10-17)18-5-3-2-4-12-24(18)14-20(25)23-19-11-8-16(21)13-22-19/h6-11,13,18H,2-5,12,14H2,1H3,(H,22,23,25)/t18-/m1/s1. The number of carbonyl (C=O) groups excluding carboxylic acids is 1. The van der Waals surface area contributed by atoms with Gasteiger partial charge in [0.1, 0.15) is 11.6 Å². The maximum Gasteiger partial charge on any atom is 0.239 e. The van der Waals surface area contributed by atoms with Gasteiger partial charge in [0.15, 0.2) is 0 Å². The van der Waals surface area contributed by atoms with Gasteiger partial charge in [0.25, 0.3) is 0 Å². The zero-order chi connectivity index (χ0) is 18.4. The molecule has 1 aromatic carbocycles. The molecule has 1 amide bonds. The summed E-state index contributed by atoms with van der Waals surface area (Å²) in [5.41, 5.74) is 1.23. The highest BCUT2D eigenvalue weighted by Crippen LogP contribution is 2.31. The normalized spacial score (nSPS) is 18.2. The molecule has 1 saturated heterocycles. The summed E-state index contributed by atoms with van der Waals surface area (Å²) < 4.78 is 5.25. The quantitative estimate of drug-likeness (QED) is 0.848. The van der Waals surface area contributed by atoms with Crippen molar-refractivity contribution in [2.24, 2.45) is 0 Å². The number of hydrogen-bond donors (Lipinski definition) is 1. The number of rotatable bonds is 5. The van der Waals surface area contributed by atoms with Crippen molar-refractivity contribution in [3.63, 3.8) is 0 Å². The molecule has 0 radical (unpaired) electrons. The summed E-state index contributed by atoms with van der Waals surface area (Å²) in [7, 11) is 1.67. The monoisotopic (exact) mass is 373 g/mol. The van der Waals surface area contributed by atoms with Crippen LogP contribution < -0.4 is 10.1 Å². The number of nitrogens with one attached hydrogen (secondary N) is 1. The fourth-order valence-corrected chi connectivity index (χ4v) is 3.49. The summed E-state index contributed by atoms with van der Waals surface area (Å²) in [6.07, 6.45) is 6.07. The van der Waals surface area contributed by atoms with Gasteiger partial charge in [-0.15, -0.1) is 0 Å². The molecule has 2 heterocycles. The molecule has 1 aliphatic rings. The van der Waals surface area contributed by atoms with Crippen LogP contribution >= 0.6 is 11.6 Å². The predicted molar refractivity (Wildman–Crippen MR) is 104 cm³/mol. The molecule has 6 heteroatoms. The molecule has 1 aromatic heterocycles. The van der Waals surface area contributed by atoms with E-state index in [0.29, 0.717) is 17.4 Å². The van der Waals surface area contributed by atoms with Crippen LogP contribution in [-0.4, -0.2) is 36.0 Å². The Morgan fingerprint density at radius 3 is 2.73 bits per heavy atom. The maximum absolute atomic E-state index is 12.5. The van der Waals surface area contributed by atoms with Gasteiger partial charge in [-0.2, -0.15) is 0 Å². The lowest BCUT2D eigenvalue weighted by molar-refractivity contribution is -0.117. The van der Waals surface area contributed by atoms with Crippen molar-refractivity contribution in [1.29, 1.82) is 0 Å². The molecular weight excluding hydrogens is 350 g/mol. The van der Waals surface area contributed by atoms with Crippen LogP contribution in [0.3, 0.4) is 0 Å². The molecule has 5 nitrogen and oxygen atoms in total. The van der Waals surface area contributed by atoms with Crippen LogP contribution in [0.5, 0.6) is 5.75 Å². The van der Waals surface area contributed by atoms with Crippen LogP contribution in [0.15, 0.2) is 42.6 Å². The molecule has 138 valence electrons. The van der Waals surface area contributed by atoms with Gasteiger partial charge < -0.3 is 10.1 Å². The number of aromatic nitrogens is 1. The number of ether oxygens (including phenoxy) is 1. The topological polar surface area (TPSA) is 54.5 Å². The zero-order valence-electron chi connectivity index (χ0n) is 15.0. The Morgan fingerprint density at radius 2 is 2.04 bits per heavy atom. The lowest BCUT2D eigenvalue weighted by atomic mass is 10.0. The average Bonchev–Trinajstić information content (AvgIpc) is 2.89. The molecule has 26 heavy (non-hydrogen) atoms. The number of amides is 1. The van der Waals surface area contributed by atoms with E-state index >= 15 is 0 Å². The van der Waals surface area contributed by atoms with Crippen LogP contribution in [-0.2, 0) is 4.79 Å². The van der Waals surface area contributed by atoms with Crippen LogP contribution in [0.2, 0.25) is 5.02 Å². The fourth-order valence-electron chi connectivity index (χ4n) is 3.38. The van der Waals surface area contributed by atoms with Crippen molar-refractivity contribution in [1.82, 2.24) is 9.88 Å². The molecule has 2 aromatic rings. The predicted octanol–water partition coefficient (Wildman–Crippen LogP) is 4.30. The third kappa shape index (κ3) is 4.96. The van der Waals surface area contributed by atoms with E-state index < -0.39 is 0 Å². The lowest BCUT2D eigenvalue weighted by Crippen LogP contribution is -2.36. The molecule has 0 aliphatic carbocycles. The highest BCUT2D eigenvalue weighted by Gasteiger charge is 2.24. The SMILES string of the molecule is COc1ccc([C@H]2CCCCCN2CC(=O)Nc2ccc(Cl)cn2)cc1. The lowest BCUT2D eigenvalue weighted by Gasteiger charge is -2.29. The van der Waals surface area contributed by atoms with Crippen molar-refractivity contribution < 1.29 is 9.53 Å². The summed E-state index contributed by atoms with van der Waals surface area (Å²) in [4.78, 5) is 18.9. The number of benzene rings is 1. The van der Waals surface area contributed by atoms with Crippen molar-refractivity contribution in [3.05, 3.63) is 53.2 Å². The van der Waals surface area contributed by atoms with Crippen molar-refractivity contribution in [2.45, 2.75) is 31.7 Å². The number of halogens is 1. The number of likely N-dealkylation sites (tertiary alicyclic amines) is 1. The second-order valence-electron chi connectivity index (χ2n) is 6.52. The van der Waals surface area contributed by atoms with Crippen LogP contribution in [0, 0.1) is 0 Å². The minimum atomic E-state index is -0.0553. The molecular formula is C20H24ClN3O2. The second kappa shape index (κ2) is 9.01. The number of carbonyl (C=O) groups is 1. The van der Waals surface area contributed by atoms with Gasteiger partial charge in [0.2, 0.25) is 5.91 Å². The fraction of sp³-hybridized carbons (Fsp3) is 0.400. The summed E-state index contributed by atoms with van der Waals surface area (Å²) in [5, 5.41) is 3.41. The van der Waals surface area contributed by atoms with Gasteiger partial charge in [-0.1, -0.05) is 36.6 Å². The Balaban J connectivity index is 1.69. The largest absolute Gasteiger partial charge is 0.497 e. The first-order valence-electron chi connectivity index (χ1n) is 8.95. The van der Waals surface area contributed by atoms with E-state index in [2.05, 4.69) is 27.3 Å². The number of nitrogens with zero attached hydrogens (tertiary/aromatic N) is 2. The van der Waals surface area contributed by atoms with E-state index in [4.69, 9.17) is 16.3 Å². The maximum atomic E-state index is 12.5. The van der Waals surface area contributed by atoms with Gasteiger partial charge in [0.05, 0.1) is 18.7 Å². The van der Waals surface area contributed by atoms with Crippen LogP contribution in [0.4, 0.5) is 5.82 Å². The Morgan fingerprint density at radius 1 is 1.23 bits per heavy atom. The molecule has 1 aliphatic heterocycles. The Labute approximate surface area is 159 Å². The van der Waals surface area contributed by atoms with Crippen molar-refractivity contribution in [2.75, 3.05) is 25.5 Å². The summed E-state index contributed by atoms with van der Waals surface area (Å²) >= 11 is 5.84. The highest BCUT2D eigenvalue weighted by atomic mass is 35.5. The van der Waals surface area contributed by atoms with E-state index in [0.717, 1.165) is 25.1 Å². The third-order valence-corrected chi connectivity index (χ3v) is 4.93. The molecule has 0 spiro atoms. The number of hydrogen-bond acceptors (Lipinski definition) is 4. The average molecular weight is 374 g/mol. The third-order valence-electron chi connectivity index (χ3n) is 4.71. The van der Waals surface area contributed by atoms with Gasteiger partial charge in [-0.05, 0) is 49.2 Å². The number of pyridine rings is 1. The number of methoxy groups -OCH3 is 1. The summed E-state index contributed by atoms with van der Waals surface area (Å²) in [6, 6.07) is 11.8. The minimum absolute atomic E-state index is 0.0553. The Bertz CT molecular complexity index is 719. The molecule has 3 rings (SSSR count). The van der Waals surface area contributed by atoms with Crippen LogP contribution in [0.25, 0.3) is 0 Å². The molecule has 0 unspecified atom stereocenters. The van der Waals surface area contributed by atoms with Gasteiger partial charge in [-0.3, -0.25) is 9.69 Å². The Hall–Kier alpha value is -2.11. The summed E-state index contributed by atoms with van der Waals surface area (Å²) in [5.74, 6) is 1.32. The van der Waals surface area contributed by atoms with Crippen LogP contribution in [0.1, 0.15) is 37.3 Å². The van der Waals surface area contributed by atoms with E-state index in [1.807, 2.05) is 12.1 Å². The first-order valence-corrected chi connectivity index (χ1v) is 9.33. The number of anilines is 1. The smallest absolute Gasteiger partial charge is 0.239 e. The molecule has 1 fully saturated rings. The van der Waals surface area contributed by atoms with E-state index in [-0.39, 0.29) is 11.9 Å². The second-order valence-corrected chi connectivity index (χ2v) is 6.96. The van der Waals surface area contributed by atoms with Gasteiger partial charge in [0, 0.05) is 12.2 Å². The first kappa shape index (κ1) is 18.7. The molecule has 1 atom stereocenters. The van der Waals surface area contributed by atoms with E-state index in [9.17, 15) is 4.79 Å². The first-order chi connectivity index (χ1) is 12.7. The van der Waals surface area contributed by atoms with E-state index in [1.54, 1.807) is 19.2 Å². The molecule has 0 bridgehead atoms. The van der Waals surface area contributed by atoms with Gasteiger partial charge >= 0.3 is 0 Å². The van der Waals surface area contributed by atoms with E-state index in [1.165, 1.54) is 24.6 Å². The van der Waals surface area contributed by atoms with Crippen molar-refractivity contribution in [3.8, 4) is 5.75 Å². The Kier molecular flexibility index (Phi) is 6.47. The van der Waals surface area contributed by atoms with Gasteiger partial charge in [-0.25, -0.2) is 4.98 Å². The molecule has 1 N–H and O–H groups in total.